The van der Waals surface area contributed by atoms with E-state index in [0.717, 1.165) is 31.9 Å². The first kappa shape index (κ1) is 19.9. The number of pyridine rings is 1. The summed E-state index contributed by atoms with van der Waals surface area (Å²) in [5, 5.41) is 8.03. The molecule has 1 N–H and O–H groups in total. The van der Waals surface area contributed by atoms with E-state index < -0.39 is 0 Å². The molecular weight excluding hydrogens is 334 g/mol. The maximum Gasteiger partial charge on any atom is 0.0544 e. The van der Waals surface area contributed by atoms with Crippen molar-refractivity contribution in [2.24, 2.45) is 0 Å². The molecule has 25 heavy (non-hydrogen) atoms. The maximum absolute atomic E-state index is 4.54. The fraction of sp³-hybridized carbons (Fsp3) is 0.579. The van der Waals surface area contributed by atoms with Crippen LogP contribution in [0.2, 0.25) is 0 Å². The summed E-state index contributed by atoms with van der Waals surface area (Å²) in [5.74, 6) is 0. The van der Waals surface area contributed by atoms with Crippen LogP contribution in [0.25, 0.3) is 0 Å². The number of nitrogens with zero attached hydrogens (tertiary/aromatic N) is 4. The maximum atomic E-state index is 4.54. The van der Waals surface area contributed by atoms with Crippen molar-refractivity contribution in [3.63, 3.8) is 0 Å². The lowest BCUT2D eigenvalue weighted by Crippen LogP contribution is -2.36. The van der Waals surface area contributed by atoms with E-state index in [1.54, 1.807) is 0 Å². The van der Waals surface area contributed by atoms with Gasteiger partial charge in [-0.25, -0.2) is 0 Å². The topological polar surface area (TPSA) is 46.0 Å². The summed E-state index contributed by atoms with van der Waals surface area (Å²) in [6, 6.07) is 9.33. The van der Waals surface area contributed by atoms with Crippen LogP contribution < -0.4 is 5.32 Å². The van der Waals surface area contributed by atoms with Crippen molar-refractivity contribution >= 4 is 12.4 Å². The van der Waals surface area contributed by atoms with Crippen molar-refractivity contribution in [2.45, 2.75) is 58.3 Å². The third-order valence-corrected chi connectivity index (χ3v) is 4.76. The minimum Gasteiger partial charge on any atom is -0.317 e. The number of nitrogens with one attached hydrogen (secondary N) is 1. The molecule has 2 aromatic heterocycles. The van der Waals surface area contributed by atoms with E-state index >= 15 is 0 Å². The normalized spacial score (nSPS) is 18.2. The predicted octanol–water partition coefficient (Wildman–Crippen LogP) is 3.43. The van der Waals surface area contributed by atoms with Crippen LogP contribution in [0.15, 0.2) is 36.7 Å². The van der Waals surface area contributed by atoms with Crippen molar-refractivity contribution in [1.82, 2.24) is 25.0 Å². The van der Waals surface area contributed by atoms with Gasteiger partial charge in [-0.05, 0) is 64.4 Å². The van der Waals surface area contributed by atoms with Gasteiger partial charge in [0, 0.05) is 37.6 Å². The highest BCUT2D eigenvalue weighted by molar-refractivity contribution is 5.85. The molecular formula is C19H30ClN5. The van der Waals surface area contributed by atoms with Gasteiger partial charge < -0.3 is 5.32 Å². The first-order valence-electron chi connectivity index (χ1n) is 9.11. The van der Waals surface area contributed by atoms with Gasteiger partial charge >= 0.3 is 0 Å². The molecule has 0 spiro atoms. The van der Waals surface area contributed by atoms with E-state index in [9.17, 15) is 0 Å². The highest BCUT2D eigenvalue weighted by Crippen LogP contribution is 2.20. The van der Waals surface area contributed by atoms with Crippen molar-refractivity contribution in [3.8, 4) is 0 Å². The molecule has 1 unspecified atom stereocenters. The molecule has 138 valence electrons. The van der Waals surface area contributed by atoms with Crippen LogP contribution in [0, 0.1) is 0 Å². The molecule has 0 amide bonds. The zero-order valence-corrected chi connectivity index (χ0v) is 16.1. The number of hydrogen-bond donors (Lipinski definition) is 1. The SMILES string of the molecule is CC(C)n1nccc1CN(Cc1ccccn1)C1CCCNCC1.Cl. The van der Waals surface area contributed by atoms with Crippen LogP contribution in [-0.2, 0) is 13.1 Å². The Morgan fingerprint density at radius 1 is 1.16 bits per heavy atom. The number of hydrogen-bond acceptors (Lipinski definition) is 4. The van der Waals surface area contributed by atoms with Gasteiger partial charge in [-0.3, -0.25) is 14.6 Å². The predicted molar refractivity (Wildman–Crippen MR) is 104 cm³/mol. The Morgan fingerprint density at radius 2 is 2.04 bits per heavy atom. The molecule has 1 fully saturated rings. The molecule has 1 atom stereocenters. The molecule has 0 saturated carbocycles. The molecule has 3 rings (SSSR count). The molecule has 1 aliphatic heterocycles. The van der Waals surface area contributed by atoms with Crippen molar-refractivity contribution < 1.29 is 0 Å². The summed E-state index contributed by atoms with van der Waals surface area (Å²) in [6.07, 6.45) is 7.49. The average molecular weight is 364 g/mol. The van der Waals surface area contributed by atoms with Gasteiger partial charge in [-0.1, -0.05) is 6.07 Å². The molecule has 5 nitrogen and oxygen atoms in total. The van der Waals surface area contributed by atoms with Crippen LogP contribution in [0.5, 0.6) is 0 Å². The monoisotopic (exact) mass is 363 g/mol. The zero-order chi connectivity index (χ0) is 16.8. The molecule has 1 saturated heterocycles. The summed E-state index contributed by atoms with van der Waals surface area (Å²) in [7, 11) is 0. The Balaban J connectivity index is 0.00000225. The van der Waals surface area contributed by atoms with Gasteiger partial charge in [-0.2, -0.15) is 5.10 Å². The Kier molecular flexibility index (Phi) is 7.88. The molecule has 0 aliphatic carbocycles. The Hall–Kier alpha value is -1.43. The quantitative estimate of drug-likeness (QED) is 0.854. The molecule has 6 heteroatoms. The molecule has 2 aromatic rings. The van der Waals surface area contributed by atoms with Crippen LogP contribution in [0.1, 0.15) is 50.5 Å². The Labute approximate surface area is 157 Å². The first-order valence-corrected chi connectivity index (χ1v) is 9.11. The summed E-state index contributed by atoms with van der Waals surface area (Å²) in [5.41, 5.74) is 2.43. The van der Waals surface area contributed by atoms with Gasteiger partial charge in [0.2, 0.25) is 0 Å². The zero-order valence-electron chi connectivity index (χ0n) is 15.3. The Bertz CT molecular complexity index is 605. The summed E-state index contributed by atoms with van der Waals surface area (Å²) in [6.45, 7) is 8.45. The van der Waals surface area contributed by atoms with Crippen molar-refractivity contribution in [1.29, 1.82) is 0 Å². The van der Waals surface area contributed by atoms with Gasteiger partial charge in [0.25, 0.3) is 0 Å². The largest absolute Gasteiger partial charge is 0.317 e. The minimum absolute atomic E-state index is 0. The van der Waals surface area contributed by atoms with Gasteiger partial charge in [0.15, 0.2) is 0 Å². The molecule has 0 radical (unpaired) electrons. The molecule has 3 heterocycles. The van der Waals surface area contributed by atoms with E-state index in [1.807, 2.05) is 18.5 Å². The summed E-state index contributed by atoms with van der Waals surface area (Å²) < 4.78 is 2.14. The van der Waals surface area contributed by atoms with E-state index in [4.69, 9.17) is 0 Å². The van der Waals surface area contributed by atoms with E-state index in [-0.39, 0.29) is 12.4 Å². The van der Waals surface area contributed by atoms with Crippen LogP contribution in [-0.4, -0.2) is 38.8 Å². The van der Waals surface area contributed by atoms with E-state index in [0.29, 0.717) is 12.1 Å². The van der Waals surface area contributed by atoms with Crippen molar-refractivity contribution in [3.05, 3.63) is 48.0 Å². The van der Waals surface area contributed by atoms with Gasteiger partial charge in [-0.15, -0.1) is 12.4 Å². The van der Waals surface area contributed by atoms with E-state index in [2.05, 4.69) is 57.0 Å². The molecule has 0 bridgehead atoms. The highest BCUT2D eigenvalue weighted by Gasteiger charge is 2.22. The lowest BCUT2D eigenvalue weighted by molar-refractivity contribution is 0.156. The third-order valence-electron chi connectivity index (χ3n) is 4.76. The van der Waals surface area contributed by atoms with Crippen LogP contribution >= 0.6 is 12.4 Å². The molecule has 0 aromatic carbocycles. The first-order chi connectivity index (χ1) is 11.7. The fourth-order valence-electron chi connectivity index (χ4n) is 3.52. The summed E-state index contributed by atoms with van der Waals surface area (Å²) in [4.78, 5) is 7.13. The smallest absolute Gasteiger partial charge is 0.0544 e. The minimum atomic E-state index is 0. The third kappa shape index (κ3) is 5.53. The molecule has 1 aliphatic rings. The lowest BCUT2D eigenvalue weighted by atomic mass is 10.1. The second-order valence-corrected chi connectivity index (χ2v) is 6.92. The van der Waals surface area contributed by atoms with Crippen LogP contribution in [0.3, 0.4) is 0 Å². The van der Waals surface area contributed by atoms with Crippen LogP contribution in [0.4, 0.5) is 0 Å². The van der Waals surface area contributed by atoms with Gasteiger partial charge in [0.1, 0.15) is 0 Å². The standard InChI is InChI=1S/C19H29N5.ClH/c1-16(2)24-19(9-13-22-24)15-23(14-17-6-3-4-11-21-17)18-7-5-10-20-12-8-18;/h3-4,6,9,11,13,16,18,20H,5,7-8,10,12,14-15H2,1-2H3;1H. The van der Waals surface area contributed by atoms with Gasteiger partial charge in [0.05, 0.1) is 11.4 Å². The second kappa shape index (κ2) is 9.90. The van der Waals surface area contributed by atoms with Crippen molar-refractivity contribution in [2.75, 3.05) is 13.1 Å². The average Bonchev–Trinajstić information content (AvgIpc) is 2.88. The lowest BCUT2D eigenvalue weighted by Gasteiger charge is -2.31. The number of halogens is 1. The summed E-state index contributed by atoms with van der Waals surface area (Å²) >= 11 is 0. The van der Waals surface area contributed by atoms with E-state index in [1.165, 1.54) is 25.0 Å². The fourth-order valence-corrected chi connectivity index (χ4v) is 3.52. The number of aromatic nitrogens is 3. The Morgan fingerprint density at radius 3 is 2.80 bits per heavy atom. The second-order valence-electron chi connectivity index (χ2n) is 6.92. The number of rotatable bonds is 6. The highest BCUT2D eigenvalue weighted by atomic mass is 35.5.